The van der Waals surface area contributed by atoms with Gasteiger partial charge < -0.3 is 13.9 Å². The predicted octanol–water partition coefficient (Wildman–Crippen LogP) is 5.22. The normalized spacial score (nSPS) is 13.0. The van der Waals surface area contributed by atoms with Gasteiger partial charge >= 0.3 is 12.1 Å². The van der Waals surface area contributed by atoms with Gasteiger partial charge in [0.05, 0.1) is 12.1 Å². The molecule has 0 saturated heterocycles. The highest BCUT2D eigenvalue weighted by molar-refractivity contribution is 5.80. The molecule has 0 aliphatic heterocycles. The number of fused-ring (bicyclic) bond motifs is 1. The summed E-state index contributed by atoms with van der Waals surface area (Å²) in [5, 5.41) is 0. The van der Waals surface area contributed by atoms with E-state index in [2.05, 4.69) is 11.7 Å². The van der Waals surface area contributed by atoms with Crippen molar-refractivity contribution in [2.45, 2.75) is 32.7 Å². The van der Waals surface area contributed by atoms with E-state index in [4.69, 9.17) is 9.15 Å². The Morgan fingerprint density at radius 1 is 1.10 bits per heavy atom. The summed E-state index contributed by atoms with van der Waals surface area (Å²) < 4.78 is 53.1. The van der Waals surface area contributed by atoms with Crippen molar-refractivity contribution in [1.82, 2.24) is 4.57 Å². The molecule has 29 heavy (non-hydrogen) atoms. The third kappa shape index (κ3) is 5.20. The lowest BCUT2D eigenvalue weighted by Crippen LogP contribution is -2.22. The number of oxazole rings is 1. The highest BCUT2D eigenvalue weighted by atomic mass is 19.4. The largest absolute Gasteiger partial charge is 0.573 e. The molecule has 0 saturated carbocycles. The lowest BCUT2D eigenvalue weighted by molar-refractivity contribution is -0.274. The van der Waals surface area contributed by atoms with Gasteiger partial charge in [0.15, 0.2) is 5.58 Å². The first-order chi connectivity index (χ1) is 13.8. The Kier molecular flexibility index (Phi) is 6.32. The second kappa shape index (κ2) is 8.73. The average Bonchev–Trinajstić information content (AvgIpc) is 2.96. The standard InChI is InChI=1S/C21H22F3NO4/c1-3-4-14(13-27-2)12-25-18-11-16(7-10-19(18)28-20(25)26)15-5-8-17(9-6-15)29-21(22,23)24/h5-11,14H,3-4,12-13H2,1-2H3. The minimum Gasteiger partial charge on any atom is -0.408 e. The van der Waals surface area contributed by atoms with Gasteiger partial charge in [0.2, 0.25) is 0 Å². The Morgan fingerprint density at radius 3 is 2.41 bits per heavy atom. The van der Waals surface area contributed by atoms with Gasteiger partial charge in [-0.1, -0.05) is 31.5 Å². The van der Waals surface area contributed by atoms with Crippen LogP contribution in [-0.2, 0) is 11.3 Å². The van der Waals surface area contributed by atoms with Crippen LogP contribution >= 0.6 is 0 Å². The summed E-state index contributed by atoms with van der Waals surface area (Å²) in [5.74, 6) is -0.557. The quantitative estimate of drug-likeness (QED) is 0.512. The fourth-order valence-corrected chi connectivity index (χ4v) is 3.39. The Bertz CT molecular complexity index is 999. The third-order valence-electron chi connectivity index (χ3n) is 4.63. The minimum atomic E-state index is -4.73. The molecule has 0 aliphatic rings. The summed E-state index contributed by atoms with van der Waals surface area (Å²) in [6.45, 7) is 3.08. The fourth-order valence-electron chi connectivity index (χ4n) is 3.39. The molecule has 0 bridgehead atoms. The highest BCUT2D eigenvalue weighted by Gasteiger charge is 2.31. The van der Waals surface area contributed by atoms with Crippen molar-refractivity contribution < 1.29 is 27.1 Å². The number of methoxy groups -OCH3 is 1. The van der Waals surface area contributed by atoms with E-state index >= 15 is 0 Å². The molecule has 0 amide bonds. The summed E-state index contributed by atoms with van der Waals surface area (Å²) in [7, 11) is 1.63. The summed E-state index contributed by atoms with van der Waals surface area (Å²) >= 11 is 0. The van der Waals surface area contributed by atoms with Crippen LogP contribution in [0.4, 0.5) is 13.2 Å². The van der Waals surface area contributed by atoms with Crippen LogP contribution < -0.4 is 10.5 Å². The summed E-state index contributed by atoms with van der Waals surface area (Å²) in [5.41, 5.74) is 2.55. The SMILES string of the molecule is CCCC(COC)Cn1c(=O)oc2ccc(-c3ccc(OC(F)(F)F)cc3)cc21. The predicted molar refractivity (Wildman–Crippen MR) is 103 cm³/mol. The second-order valence-corrected chi connectivity index (χ2v) is 6.84. The van der Waals surface area contributed by atoms with E-state index in [0.717, 1.165) is 18.4 Å². The zero-order valence-electron chi connectivity index (χ0n) is 16.2. The number of aromatic nitrogens is 1. The molecular weight excluding hydrogens is 387 g/mol. The number of nitrogens with zero attached hydrogens (tertiary/aromatic N) is 1. The van der Waals surface area contributed by atoms with Crippen LogP contribution in [-0.4, -0.2) is 24.6 Å². The maximum Gasteiger partial charge on any atom is 0.573 e. The van der Waals surface area contributed by atoms with Gasteiger partial charge in [-0.2, -0.15) is 0 Å². The van der Waals surface area contributed by atoms with Crippen LogP contribution in [0.25, 0.3) is 22.2 Å². The van der Waals surface area contributed by atoms with Crippen molar-refractivity contribution in [2.75, 3.05) is 13.7 Å². The van der Waals surface area contributed by atoms with Crippen molar-refractivity contribution in [3.05, 3.63) is 53.0 Å². The van der Waals surface area contributed by atoms with Gasteiger partial charge in [-0.3, -0.25) is 4.57 Å². The van der Waals surface area contributed by atoms with E-state index in [1.807, 2.05) is 0 Å². The Labute approximate surface area is 165 Å². The summed E-state index contributed by atoms with van der Waals surface area (Å²) in [6.07, 6.45) is -2.85. The lowest BCUT2D eigenvalue weighted by Gasteiger charge is -2.15. The molecular formula is C21H22F3NO4. The van der Waals surface area contributed by atoms with Crippen molar-refractivity contribution in [3.8, 4) is 16.9 Å². The minimum absolute atomic E-state index is 0.172. The molecule has 0 fully saturated rings. The maximum atomic E-state index is 12.3. The number of benzene rings is 2. The lowest BCUT2D eigenvalue weighted by atomic mass is 10.0. The molecule has 1 heterocycles. The second-order valence-electron chi connectivity index (χ2n) is 6.84. The fraction of sp³-hybridized carbons (Fsp3) is 0.381. The first kappa shape index (κ1) is 21.0. The van der Waals surface area contributed by atoms with Gasteiger partial charge in [0.1, 0.15) is 5.75 Å². The molecule has 2 aromatic carbocycles. The molecule has 1 atom stereocenters. The zero-order valence-corrected chi connectivity index (χ0v) is 16.2. The molecule has 1 unspecified atom stereocenters. The van der Waals surface area contributed by atoms with Gasteiger partial charge in [0.25, 0.3) is 0 Å². The van der Waals surface area contributed by atoms with Crippen molar-refractivity contribution in [2.24, 2.45) is 5.92 Å². The Hall–Kier alpha value is -2.74. The van der Waals surface area contributed by atoms with Gasteiger partial charge in [-0.25, -0.2) is 4.79 Å². The number of hydrogen-bond donors (Lipinski definition) is 0. The van der Waals surface area contributed by atoms with E-state index in [-0.39, 0.29) is 11.7 Å². The van der Waals surface area contributed by atoms with E-state index in [0.29, 0.717) is 29.8 Å². The molecule has 0 spiro atoms. The molecule has 8 heteroatoms. The molecule has 3 rings (SSSR count). The van der Waals surface area contributed by atoms with Gasteiger partial charge in [-0.15, -0.1) is 13.2 Å². The monoisotopic (exact) mass is 409 g/mol. The third-order valence-corrected chi connectivity index (χ3v) is 4.63. The molecule has 156 valence electrons. The van der Waals surface area contributed by atoms with Crippen LogP contribution in [0.15, 0.2) is 51.7 Å². The van der Waals surface area contributed by atoms with Crippen LogP contribution in [0, 0.1) is 5.92 Å². The van der Waals surface area contributed by atoms with Crippen LogP contribution in [0.3, 0.4) is 0 Å². The van der Waals surface area contributed by atoms with E-state index in [1.165, 1.54) is 24.3 Å². The number of ether oxygens (including phenoxy) is 2. The number of hydrogen-bond acceptors (Lipinski definition) is 4. The summed E-state index contributed by atoms with van der Waals surface area (Å²) in [4.78, 5) is 12.3. The molecule has 3 aromatic rings. The highest BCUT2D eigenvalue weighted by Crippen LogP contribution is 2.28. The summed E-state index contributed by atoms with van der Waals surface area (Å²) in [6, 6.07) is 10.8. The van der Waals surface area contributed by atoms with Crippen LogP contribution in [0.5, 0.6) is 5.75 Å². The van der Waals surface area contributed by atoms with Crippen molar-refractivity contribution in [3.63, 3.8) is 0 Å². The van der Waals surface area contributed by atoms with Crippen LogP contribution in [0.2, 0.25) is 0 Å². The maximum absolute atomic E-state index is 12.3. The molecule has 0 aliphatic carbocycles. The Morgan fingerprint density at radius 2 is 1.79 bits per heavy atom. The van der Waals surface area contributed by atoms with Crippen LogP contribution in [0.1, 0.15) is 19.8 Å². The van der Waals surface area contributed by atoms with Crippen molar-refractivity contribution >= 4 is 11.1 Å². The van der Waals surface area contributed by atoms with Gasteiger partial charge in [-0.05, 0) is 41.8 Å². The molecule has 5 nitrogen and oxygen atoms in total. The topological polar surface area (TPSA) is 53.6 Å². The van der Waals surface area contributed by atoms with E-state index in [1.54, 1.807) is 29.9 Å². The van der Waals surface area contributed by atoms with Crippen molar-refractivity contribution in [1.29, 1.82) is 0 Å². The molecule has 0 N–H and O–H groups in total. The Balaban J connectivity index is 1.92. The smallest absolute Gasteiger partial charge is 0.408 e. The average molecular weight is 409 g/mol. The first-order valence-electron chi connectivity index (χ1n) is 9.29. The zero-order chi connectivity index (χ0) is 21.0. The number of rotatable bonds is 8. The van der Waals surface area contributed by atoms with E-state index < -0.39 is 12.1 Å². The molecule has 1 aromatic heterocycles. The number of halogens is 3. The van der Waals surface area contributed by atoms with Gasteiger partial charge in [0, 0.05) is 19.6 Å². The molecule has 0 radical (unpaired) electrons. The first-order valence-corrected chi connectivity index (χ1v) is 9.29. The van der Waals surface area contributed by atoms with E-state index in [9.17, 15) is 18.0 Å². The number of alkyl halides is 3.